The van der Waals surface area contributed by atoms with E-state index in [0.717, 1.165) is 0 Å². The summed E-state index contributed by atoms with van der Waals surface area (Å²) < 4.78 is 24.0. The summed E-state index contributed by atoms with van der Waals surface area (Å²) in [5.41, 5.74) is -1.06. The highest BCUT2D eigenvalue weighted by atomic mass is 19.3. The maximum absolute atomic E-state index is 12.0. The van der Waals surface area contributed by atoms with E-state index in [1.807, 2.05) is 0 Å². The maximum Gasteiger partial charge on any atom is 0.306 e. The van der Waals surface area contributed by atoms with E-state index in [1.165, 1.54) is 0 Å². The lowest BCUT2D eigenvalue weighted by molar-refractivity contribution is -0.144. The molecule has 7 heteroatoms. The SMILES string of the molecule is O=C(O)C1CCC(O)(CNCC(O)C(F)F)CC1. The minimum atomic E-state index is -2.81. The van der Waals surface area contributed by atoms with Crippen molar-refractivity contribution >= 4 is 5.97 Å². The highest BCUT2D eigenvalue weighted by Gasteiger charge is 2.35. The van der Waals surface area contributed by atoms with E-state index in [-0.39, 0.29) is 13.1 Å². The van der Waals surface area contributed by atoms with Gasteiger partial charge in [-0.3, -0.25) is 4.79 Å². The molecule has 0 heterocycles. The normalized spacial score (nSPS) is 30.4. The third kappa shape index (κ3) is 4.47. The van der Waals surface area contributed by atoms with Crippen LogP contribution in [0.4, 0.5) is 8.78 Å². The molecule has 1 aliphatic carbocycles. The molecular formula is C11H19F2NO4. The van der Waals surface area contributed by atoms with Gasteiger partial charge >= 0.3 is 5.97 Å². The Labute approximate surface area is 104 Å². The number of hydrogen-bond acceptors (Lipinski definition) is 4. The Morgan fingerprint density at radius 1 is 1.39 bits per heavy atom. The van der Waals surface area contributed by atoms with Crippen LogP contribution in [0.15, 0.2) is 0 Å². The van der Waals surface area contributed by atoms with E-state index < -0.39 is 30.0 Å². The Morgan fingerprint density at radius 3 is 2.39 bits per heavy atom. The van der Waals surface area contributed by atoms with Crippen molar-refractivity contribution in [3.63, 3.8) is 0 Å². The van der Waals surface area contributed by atoms with Crippen LogP contribution in [0.3, 0.4) is 0 Å². The summed E-state index contributed by atoms with van der Waals surface area (Å²) in [6, 6.07) is 0. The molecule has 1 unspecified atom stereocenters. The number of rotatable bonds is 6. The maximum atomic E-state index is 12.0. The zero-order chi connectivity index (χ0) is 13.8. The van der Waals surface area contributed by atoms with Gasteiger partial charge in [0.15, 0.2) is 0 Å². The second-order valence-corrected chi connectivity index (χ2v) is 4.87. The zero-order valence-corrected chi connectivity index (χ0v) is 9.98. The summed E-state index contributed by atoms with van der Waals surface area (Å²) in [6.45, 7) is -0.203. The van der Waals surface area contributed by atoms with Crippen LogP contribution < -0.4 is 5.32 Å². The van der Waals surface area contributed by atoms with Gasteiger partial charge in [0.2, 0.25) is 0 Å². The van der Waals surface area contributed by atoms with Gasteiger partial charge in [0.1, 0.15) is 6.10 Å². The second-order valence-electron chi connectivity index (χ2n) is 4.87. The summed E-state index contributed by atoms with van der Waals surface area (Å²) in [4.78, 5) is 10.7. The lowest BCUT2D eigenvalue weighted by Gasteiger charge is -2.35. The quantitative estimate of drug-likeness (QED) is 0.552. The second kappa shape index (κ2) is 6.40. The number of nitrogens with one attached hydrogen (secondary N) is 1. The Kier molecular flexibility index (Phi) is 5.43. The van der Waals surface area contributed by atoms with Gasteiger partial charge in [-0.1, -0.05) is 0 Å². The average molecular weight is 267 g/mol. The van der Waals surface area contributed by atoms with Crippen LogP contribution in [0.1, 0.15) is 25.7 Å². The number of hydrogen-bond donors (Lipinski definition) is 4. The third-order valence-corrected chi connectivity index (χ3v) is 3.36. The molecule has 106 valence electrons. The van der Waals surface area contributed by atoms with Gasteiger partial charge in [-0.25, -0.2) is 8.78 Å². The summed E-state index contributed by atoms with van der Waals surface area (Å²) in [5.74, 6) is -1.30. The summed E-state index contributed by atoms with van der Waals surface area (Å²) in [5, 5.41) is 30.4. The molecule has 1 rings (SSSR count). The monoisotopic (exact) mass is 267 g/mol. The predicted octanol–water partition coefficient (Wildman–Crippen LogP) is 0.208. The van der Waals surface area contributed by atoms with Crippen LogP contribution in [0.25, 0.3) is 0 Å². The Balaban J connectivity index is 2.28. The molecule has 1 fully saturated rings. The minimum Gasteiger partial charge on any atom is -0.481 e. The fourth-order valence-electron chi connectivity index (χ4n) is 2.12. The van der Waals surface area contributed by atoms with E-state index in [1.54, 1.807) is 0 Å². The molecule has 1 saturated carbocycles. The molecule has 5 nitrogen and oxygen atoms in total. The molecule has 0 bridgehead atoms. The van der Waals surface area contributed by atoms with Gasteiger partial charge in [-0.05, 0) is 25.7 Å². The minimum absolute atomic E-state index is 0.0864. The van der Waals surface area contributed by atoms with Crippen molar-refractivity contribution in [2.24, 2.45) is 5.92 Å². The van der Waals surface area contributed by atoms with E-state index in [4.69, 9.17) is 10.2 Å². The average Bonchev–Trinajstić information content (AvgIpc) is 2.29. The van der Waals surface area contributed by atoms with Gasteiger partial charge in [-0.15, -0.1) is 0 Å². The predicted molar refractivity (Wildman–Crippen MR) is 59.4 cm³/mol. The Morgan fingerprint density at radius 2 is 1.94 bits per heavy atom. The molecule has 0 radical (unpaired) electrons. The summed E-state index contributed by atoms with van der Waals surface area (Å²) >= 11 is 0. The molecule has 0 aliphatic heterocycles. The van der Waals surface area contributed by atoms with Crippen LogP contribution in [-0.2, 0) is 4.79 Å². The number of alkyl halides is 2. The van der Waals surface area contributed by atoms with Crippen molar-refractivity contribution in [3.8, 4) is 0 Å². The largest absolute Gasteiger partial charge is 0.481 e. The summed E-state index contributed by atoms with van der Waals surface area (Å²) in [6.07, 6.45) is -3.15. The van der Waals surface area contributed by atoms with Crippen molar-refractivity contribution in [2.45, 2.75) is 43.8 Å². The fraction of sp³-hybridized carbons (Fsp3) is 0.909. The van der Waals surface area contributed by atoms with Crippen molar-refractivity contribution in [3.05, 3.63) is 0 Å². The Hall–Kier alpha value is -0.790. The van der Waals surface area contributed by atoms with Gasteiger partial charge in [0.25, 0.3) is 6.43 Å². The van der Waals surface area contributed by atoms with Crippen LogP contribution in [0, 0.1) is 5.92 Å². The number of halogens is 2. The lowest BCUT2D eigenvalue weighted by atomic mass is 9.79. The van der Waals surface area contributed by atoms with Crippen LogP contribution in [0.2, 0.25) is 0 Å². The van der Waals surface area contributed by atoms with Gasteiger partial charge in [-0.2, -0.15) is 0 Å². The van der Waals surface area contributed by atoms with Crippen LogP contribution in [0.5, 0.6) is 0 Å². The molecule has 0 amide bonds. The van der Waals surface area contributed by atoms with Crippen molar-refractivity contribution < 1.29 is 28.9 Å². The molecule has 0 aromatic carbocycles. The molecule has 18 heavy (non-hydrogen) atoms. The molecule has 0 spiro atoms. The Bertz CT molecular complexity index is 280. The highest BCUT2D eigenvalue weighted by Crippen LogP contribution is 2.31. The fourth-order valence-corrected chi connectivity index (χ4v) is 2.12. The molecule has 1 aliphatic rings. The molecular weight excluding hydrogens is 248 g/mol. The molecule has 0 aromatic heterocycles. The van der Waals surface area contributed by atoms with Gasteiger partial charge < -0.3 is 20.6 Å². The highest BCUT2D eigenvalue weighted by molar-refractivity contribution is 5.70. The van der Waals surface area contributed by atoms with Gasteiger partial charge in [0.05, 0.1) is 11.5 Å². The van der Waals surface area contributed by atoms with Crippen molar-refractivity contribution in [1.82, 2.24) is 5.32 Å². The standard InChI is InChI=1S/C11H19F2NO4/c12-9(13)8(15)5-14-6-11(18)3-1-7(2-4-11)10(16)17/h7-9,14-15,18H,1-6H2,(H,16,17). The smallest absolute Gasteiger partial charge is 0.306 e. The third-order valence-electron chi connectivity index (χ3n) is 3.36. The molecule has 0 aromatic rings. The van der Waals surface area contributed by atoms with E-state index in [0.29, 0.717) is 25.7 Å². The summed E-state index contributed by atoms with van der Waals surface area (Å²) in [7, 11) is 0. The topological polar surface area (TPSA) is 89.8 Å². The molecule has 4 N–H and O–H groups in total. The number of aliphatic carboxylic acids is 1. The number of carboxylic acids is 1. The number of carbonyl (C=O) groups is 1. The molecule has 1 atom stereocenters. The van der Waals surface area contributed by atoms with E-state index in [2.05, 4.69) is 5.32 Å². The number of carboxylic acid groups (broad SMARTS) is 1. The lowest BCUT2D eigenvalue weighted by Crippen LogP contribution is -2.46. The van der Waals surface area contributed by atoms with Crippen LogP contribution >= 0.6 is 0 Å². The first-order chi connectivity index (χ1) is 8.34. The van der Waals surface area contributed by atoms with Crippen LogP contribution in [-0.4, -0.2) is 52.5 Å². The van der Waals surface area contributed by atoms with Crippen molar-refractivity contribution in [2.75, 3.05) is 13.1 Å². The molecule has 0 saturated heterocycles. The van der Waals surface area contributed by atoms with E-state index in [9.17, 15) is 18.7 Å². The zero-order valence-electron chi connectivity index (χ0n) is 9.98. The van der Waals surface area contributed by atoms with E-state index >= 15 is 0 Å². The first-order valence-corrected chi connectivity index (χ1v) is 5.96. The number of aliphatic hydroxyl groups is 2. The first kappa shape index (κ1) is 15.3. The van der Waals surface area contributed by atoms with Gasteiger partial charge in [0, 0.05) is 13.1 Å². The first-order valence-electron chi connectivity index (χ1n) is 5.96. The number of aliphatic hydroxyl groups excluding tert-OH is 1. The van der Waals surface area contributed by atoms with Crippen molar-refractivity contribution in [1.29, 1.82) is 0 Å².